The zero-order valence-corrected chi connectivity index (χ0v) is 7.82. The van der Waals surface area contributed by atoms with Crippen LogP contribution in [0.5, 0.6) is 5.75 Å². The van der Waals surface area contributed by atoms with E-state index in [0.29, 0.717) is 5.56 Å². The molecule has 0 aliphatic heterocycles. The van der Waals surface area contributed by atoms with E-state index in [1.165, 1.54) is 6.07 Å². The molecule has 1 aromatic carbocycles. The second kappa shape index (κ2) is 3.92. The molecule has 0 heterocycles. The van der Waals surface area contributed by atoms with Crippen molar-refractivity contribution >= 4 is 7.60 Å². The molecule has 4 nitrogen and oxygen atoms in total. The van der Waals surface area contributed by atoms with Crippen molar-refractivity contribution in [1.29, 1.82) is 0 Å². The SMILES string of the molecule is O=P(O)(O)CCc1ccccc1O. The Balaban J connectivity index is 2.65. The number of hydrogen-bond acceptors (Lipinski definition) is 2. The first-order valence-electron chi connectivity index (χ1n) is 3.80. The number of benzene rings is 1. The third-order valence-electron chi connectivity index (χ3n) is 1.66. The molecule has 0 unspecified atom stereocenters. The van der Waals surface area contributed by atoms with Gasteiger partial charge in [-0.3, -0.25) is 4.57 Å². The summed E-state index contributed by atoms with van der Waals surface area (Å²) in [5, 5.41) is 9.25. The summed E-state index contributed by atoms with van der Waals surface area (Å²) in [7, 11) is -3.96. The van der Waals surface area contributed by atoms with Gasteiger partial charge in [-0.2, -0.15) is 0 Å². The van der Waals surface area contributed by atoms with E-state index in [-0.39, 0.29) is 18.3 Å². The lowest BCUT2D eigenvalue weighted by Crippen LogP contribution is -1.93. The summed E-state index contributed by atoms with van der Waals surface area (Å²) in [5.74, 6) is 0.0796. The monoisotopic (exact) mass is 202 g/mol. The Morgan fingerprint density at radius 3 is 2.38 bits per heavy atom. The minimum Gasteiger partial charge on any atom is -0.508 e. The first kappa shape index (κ1) is 10.3. The molecular formula is C8H11O4P. The number of phenolic OH excluding ortho intramolecular Hbond substituents is 1. The van der Waals surface area contributed by atoms with Crippen LogP contribution in [0.1, 0.15) is 5.56 Å². The van der Waals surface area contributed by atoms with Crippen molar-refractivity contribution in [3.63, 3.8) is 0 Å². The lowest BCUT2D eigenvalue weighted by Gasteiger charge is -2.05. The van der Waals surface area contributed by atoms with Gasteiger partial charge in [-0.1, -0.05) is 18.2 Å². The zero-order chi connectivity index (χ0) is 9.90. The standard InChI is InChI=1S/C8H11O4P/c9-8-4-2-1-3-7(8)5-6-13(10,11)12/h1-4,9H,5-6H2,(H2,10,11,12). The summed E-state index contributed by atoms with van der Waals surface area (Å²) in [6, 6.07) is 6.52. The molecule has 0 aliphatic carbocycles. The molecule has 5 heteroatoms. The van der Waals surface area contributed by atoms with Crippen LogP contribution >= 0.6 is 7.60 Å². The fraction of sp³-hybridized carbons (Fsp3) is 0.250. The highest BCUT2D eigenvalue weighted by Gasteiger charge is 2.13. The molecule has 0 fully saturated rings. The quantitative estimate of drug-likeness (QED) is 0.641. The Kier molecular flexibility index (Phi) is 3.09. The predicted octanol–water partition coefficient (Wildman–Crippen LogP) is 1.11. The van der Waals surface area contributed by atoms with Gasteiger partial charge in [-0.15, -0.1) is 0 Å². The number of aromatic hydroxyl groups is 1. The molecule has 0 atom stereocenters. The molecular weight excluding hydrogens is 191 g/mol. The van der Waals surface area contributed by atoms with Crippen LogP contribution in [0.4, 0.5) is 0 Å². The number of hydrogen-bond donors (Lipinski definition) is 3. The van der Waals surface area contributed by atoms with E-state index in [1.807, 2.05) is 0 Å². The highest BCUT2D eigenvalue weighted by molar-refractivity contribution is 7.51. The van der Waals surface area contributed by atoms with Crippen LogP contribution in [0.2, 0.25) is 0 Å². The maximum absolute atomic E-state index is 10.5. The van der Waals surface area contributed by atoms with Gasteiger partial charge in [0.15, 0.2) is 0 Å². The van der Waals surface area contributed by atoms with E-state index in [0.717, 1.165) is 0 Å². The van der Waals surface area contributed by atoms with Crippen molar-refractivity contribution in [3.8, 4) is 5.75 Å². The van der Waals surface area contributed by atoms with Gasteiger partial charge in [0.05, 0.1) is 6.16 Å². The molecule has 3 N–H and O–H groups in total. The first-order valence-corrected chi connectivity index (χ1v) is 5.60. The number of para-hydroxylation sites is 1. The van der Waals surface area contributed by atoms with Crippen LogP contribution < -0.4 is 0 Å². The molecule has 0 amide bonds. The molecule has 0 spiro atoms. The predicted molar refractivity (Wildman–Crippen MR) is 48.7 cm³/mol. The summed E-state index contributed by atoms with van der Waals surface area (Å²) >= 11 is 0. The van der Waals surface area contributed by atoms with Crippen LogP contribution in [0, 0.1) is 0 Å². The molecule has 0 bridgehead atoms. The van der Waals surface area contributed by atoms with Crippen molar-refractivity contribution in [2.24, 2.45) is 0 Å². The lowest BCUT2D eigenvalue weighted by atomic mass is 10.1. The topological polar surface area (TPSA) is 77.8 Å². The molecule has 72 valence electrons. The molecule has 0 saturated carbocycles. The molecule has 0 aromatic heterocycles. The van der Waals surface area contributed by atoms with Gasteiger partial charge in [0, 0.05) is 0 Å². The Morgan fingerprint density at radius 1 is 1.23 bits per heavy atom. The summed E-state index contributed by atoms with van der Waals surface area (Å²) in [5.41, 5.74) is 0.561. The minimum absolute atomic E-state index is 0.0796. The molecule has 1 rings (SSSR count). The van der Waals surface area contributed by atoms with Crippen molar-refractivity contribution < 1.29 is 19.5 Å². The number of aryl methyl sites for hydroxylation is 1. The lowest BCUT2D eigenvalue weighted by molar-refractivity contribution is 0.372. The molecule has 13 heavy (non-hydrogen) atoms. The fourth-order valence-corrected chi connectivity index (χ4v) is 1.52. The average molecular weight is 202 g/mol. The van der Waals surface area contributed by atoms with Crippen molar-refractivity contribution in [2.75, 3.05) is 6.16 Å². The van der Waals surface area contributed by atoms with Crippen LogP contribution in [-0.2, 0) is 11.0 Å². The third kappa shape index (κ3) is 3.59. The Hall–Kier alpha value is -0.830. The Labute approximate surface area is 76.0 Å². The maximum Gasteiger partial charge on any atom is 0.325 e. The highest BCUT2D eigenvalue weighted by atomic mass is 31.2. The largest absolute Gasteiger partial charge is 0.508 e. The van der Waals surface area contributed by atoms with Gasteiger partial charge in [-0.05, 0) is 18.1 Å². The maximum atomic E-state index is 10.5. The van der Waals surface area contributed by atoms with Gasteiger partial charge < -0.3 is 14.9 Å². The van der Waals surface area contributed by atoms with E-state index in [9.17, 15) is 9.67 Å². The molecule has 1 aromatic rings. The fourth-order valence-electron chi connectivity index (χ4n) is 0.988. The second-order valence-electron chi connectivity index (χ2n) is 2.77. The van der Waals surface area contributed by atoms with E-state index < -0.39 is 7.60 Å². The van der Waals surface area contributed by atoms with Crippen LogP contribution in [-0.4, -0.2) is 21.1 Å². The number of rotatable bonds is 3. The summed E-state index contributed by atoms with van der Waals surface area (Å²) in [6.45, 7) is 0. The van der Waals surface area contributed by atoms with Crippen molar-refractivity contribution in [2.45, 2.75) is 6.42 Å². The molecule has 0 radical (unpaired) electrons. The van der Waals surface area contributed by atoms with Gasteiger partial charge in [0.25, 0.3) is 0 Å². The van der Waals surface area contributed by atoms with E-state index >= 15 is 0 Å². The van der Waals surface area contributed by atoms with E-state index in [1.54, 1.807) is 18.2 Å². The zero-order valence-electron chi connectivity index (χ0n) is 6.92. The summed E-state index contributed by atoms with van der Waals surface area (Å²) in [6.07, 6.45) is -0.0402. The second-order valence-corrected chi connectivity index (χ2v) is 4.54. The molecule has 0 aliphatic rings. The normalized spacial score (nSPS) is 11.5. The van der Waals surface area contributed by atoms with Gasteiger partial charge >= 0.3 is 7.60 Å². The molecule has 0 saturated heterocycles. The smallest absolute Gasteiger partial charge is 0.325 e. The van der Waals surface area contributed by atoms with Crippen LogP contribution in [0.25, 0.3) is 0 Å². The van der Waals surface area contributed by atoms with E-state index in [4.69, 9.17) is 9.79 Å². The van der Waals surface area contributed by atoms with Gasteiger partial charge in [0.2, 0.25) is 0 Å². The summed E-state index contributed by atoms with van der Waals surface area (Å²) < 4.78 is 10.5. The van der Waals surface area contributed by atoms with E-state index in [2.05, 4.69) is 0 Å². The summed E-state index contributed by atoms with van der Waals surface area (Å²) in [4.78, 5) is 17.2. The van der Waals surface area contributed by atoms with Crippen molar-refractivity contribution in [1.82, 2.24) is 0 Å². The first-order chi connectivity index (χ1) is 5.99. The Bertz CT molecular complexity index is 331. The van der Waals surface area contributed by atoms with Crippen molar-refractivity contribution in [3.05, 3.63) is 29.8 Å². The number of phenols is 1. The third-order valence-corrected chi connectivity index (χ3v) is 2.47. The van der Waals surface area contributed by atoms with Gasteiger partial charge in [-0.25, -0.2) is 0 Å². The van der Waals surface area contributed by atoms with Crippen LogP contribution in [0.3, 0.4) is 0 Å². The van der Waals surface area contributed by atoms with Gasteiger partial charge in [0.1, 0.15) is 5.75 Å². The van der Waals surface area contributed by atoms with Crippen LogP contribution in [0.15, 0.2) is 24.3 Å². The Morgan fingerprint density at radius 2 is 1.85 bits per heavy atom. The average Bonchev–Trinajstić information content (AvgIpc) is 2.01. The highest BCUT2D eigenvalue weighted by Crippen LogP contribution is 2.35. The minimum atomic E-state index is -3.96.